The van der Waals surface area contributed by atoms with Crippen LogP contribution in [0.25, 0.3) is 0 Å². The lowest BCUT2D eigenvalue weighted by Crippen LogP contribution is -2.42. The highest BCUT2D eigenvalue weighted by Gasteiger charge is 2.36. The number of aliphatic imine (C=N–C) groups is 1. The normalized spacial score (nSPS) is 15.5. The van der Waals surface area contributed by atoms with Crippen LogP contribution in [0, 0.1) is 11.3 Å². The fourth-order valence-electron chi connectivity index (χ4n) is 2.93. The first-order valence-electron chi connectivity index (χ1n) is 8.85. The van der Waals surface area contributed by atoms with Gasteiger partial charge >= 0.3 is 0 Å². The Hall–Kier alpha value is -3.55. The molecular formula is C20H15N5O3S2. The number of ether oxygens (including phenoxy) is 1. The molecule has 0 radical (unpaired) electrons. The van der Waals surface area contributed by atoms with Gasteiger partial charge in [0, 0.05) is 17.7 Å². The van der Waals surface area contributed by atoms with Gasteiger partial charge in [-0.15, -0.1) is 0 Å². The minimum Gasteiger partial charge on any atom is -0.455 e. The van der Waals surface area contributed by atoms with Crippen LogP contribution in [0.2, 0.25) is 0 Å². The van der Waals surface area contributed by atoms with Crippen LogP contribution < -0.4 is 9.04 Å². The van der Waals surface area contributed by atoms with Gasteiger partial charge in [0.15, 0.2) is 5.75 Å². The number of nitriles is 1. The molecule has 4 rings (SSSR count). The third-order valence-corrected chi connectivity index (χ3v) is 6.88. The quantitative estimate of drug-likeness (QED) is 0.585. The van der Waals surface area contributed by atoms with Crippen LogP contribution in [0.3, 0.4) is 0 Å². The maximum absolute atomic E-state index is 13.8. The van der Waals surface area contributed by atoms with Crippen molar-refractivity contribution in [3.05, 3.63) is 72.6 Å². The Labute approximate surface area is 177 Å². The molecule has 0 amide bonds. The molecule has 0 bridgehead atoms. The van der Waals surface area contributed by atoms with E-state index in [2.05, 4.69) is 14.3 Å². The average Bonchev–Trinajstić information content (AvgIpc) is 3.29. The second-order valence-corrected chi connectivity index (χ2v) is 8.69. The average molecular weight is 438 g/mol. The molecule has 0 fully saturated rings. The van der Waals surface area contributed by atoms with Crippen LogP contribution in [-0.4, -0.2) is 36.6 Å². The van der Waals surface area contributed by atoms with E-state index in [0.717, 1.165) is 11.5 Å². The van der Waals surface area contributed by atoms with E-state index < -0.39 is 16.1 Å². The van der Waals surface area contributed by atoms with Crippen molar-refractivity contribution in [2.24, 2.45) is 4.99 Å². The number of hydrogen-bond donors (Lipinski definition) is 0. The molecule has 0 saturated heterocycles. The van der Waals surface area contributed by atoms with Gasteiger partial charge in [0.05, 0.1) is 18.2 Å². The predicted molar refractivity (Wildman–Crippen MR) is 114 cm³/mol. The molecule has 0 saturated carbocycles. The van der Waals surface area contributed by atoms with Crippen LogP contribution in [0.4, 0.5) is 5.13 Å². The largest absolute Gasteiger partial charge is 0.455 e. The zero-order valence-electron chi connectivity index (χ0n) is 15.5. The number of dihydropyridines is 1. The van der Waals surface area contributed by atoms with E-state index in [0.29, 0.717) is 5.75 Å². The molecule has 30 heavy (non-hydrogen) atoms. The number of para-hydroxylation sites is 2. The topological polar surface area (TPSA) is 109 Å². The number of sulfonamides is 1. The van der Waals surface area contributed by atoms with Crippen LogP contribution >= 0.6 is 11.5 Å². The lowest BCUT2D eigenvalue weighted by Gasteiger charge is -2.29. The van der Waals surface area contributed by atoms with Gasteiger partial charge in [-0.2, -0.15) is 9.64 Å². The summed E-state index contributed by atoms with van der Waals surface area (Å²) in [6, 6.07) is 14.6. The van der Waals surface area contributed by atoms with Crippen LogP contribution in [0.15, 0.2) is 76.9 Å². The molecule has 10 heteroatoms. The van der Waals surface area contributed by atoms with Gasteiger partial charge in [-0.25, -0.2) is 17.7 Å². The molecule has 1 aliphatic rings. The Morgan fingerprint density at radius 2 is 2.00 bits per heavy atom. The highest BCUT2D eigenvalue weighted by atomic mass is 32.2. The Morgan fingerprint density at radius 3 is 2.67 bits per heavy atom. The summed E-state index contributed by atoms with van der Waals surface area (Å²) in [6.07, 6.45) is 6.33. The number of benzene rings is 2. The van der Waals surface area contributed by atoms with Gasteiger partial charge in [0.1, 0.15) is 23.0 Å². The van der Waals surface area contributed by atoms with Gasteiger partial charge in [-0.05, 0) is 30.3 Å². The number of rotatable bonds is 6. The first-order valence-corrected chi connectivity index (χ1v) is 11.1. The number of hydrogen-bond acceptors (Lipinski definition) is 8. The van der Waals surface area contributed by atoms with E-state index in [1.807, 2.05) is 12.1 Å². The number of nitrogens with zero attached hydrogens (tertiary/aromatic N) is 5. The van der Waals surface area contributed by atoms with E-state index in [-0.39, 0.29) is 27.9 Å². The molecule has 150 valence electrons. The van der Waals surface area contributed by atoms with Gasteiger partial charge < -0.3 is 4.74 Å². The van der Waals surface area contributed by atoms with Crippen molar-refractivity contribution in [2.45, 2.75) is 10.9 Å². The van der Waals surface area contributed by atoms with Gasteiger partial charge in [-0.1, -0.05) is 30.3 Å². The van der Waals surface area contributed by atoms with Crippen molar-refractivity contribution in [1.29, 1.82) is 5.26 Å². The Balaban J connectivity index is 1.86. The van der Waals surface area contributed by atoms with Crippen molar-refractivity contribution in [1.82, 2.24) is 9.36 Å². The molecular weight excluding hydrogens is 422 g/mol. The summed E-state index contributed by atoms with van der Waals surface area (Å²) in [5.41, 5.74) is 0.106. The van der Waals surface area contributed by atoms with Crippen LogP contribution in [-0.2, 0) is 10.0 Å². The lowest BCUT2D eigenvalue weighted by molar-refractivity contribution is 0.465. The molecule has 1 aromatic heterocycles. The zero-order chi connectivity index (χ0) is 21.0. The van der Waals surface area contributed by atoms with Gasteiger partial charge in [-0.3, -0.25) is 4.99 Å². The highest BCUT2D eigenvalue weighted by Crippen LogP contribution is 2.37. The summed E-state index contributed by atoms with van der Waals surface area (Å²) in [5.74, 6) is 0.380. The first-order chi connectivity index (χ1) is 14.6. The fourth-order valence-corrected chi connectivity index (χ4v) is 5.42. The maximum atomic E-state index is 13.8. The molecule has 1 atom stereocenters. The minimum atomic E-state index is -4.17. The second kappa shape index (κ2) is 8.44. The molecule has 0 aliphatic carbocycles. The number of allylic oxidation sites excluding steroid dienone is 1. The van der Waals surface area contributed by atoms with Gasteiger partial charge in [0.25, 0.3) is 10.0 Å². The molecule has 2 aromatic carbocycles. The minimum absolute atomic E-state index is 0.0380. The number of aromatic nitrogens is 2. The smallest absolute Gasteiger partial charge is 0.270 e. The second-order valence-electron chi connectivity index (χ2n) is 6.15. The monoisotopic (exact) mass is 437 g/mol. The van der Waals surface area contributed by atoms with Crippen molar-refractivity contribution < 1.29 is 13.2 Å². The molecule has 3 aromatic rings. The third-order valence-electron chi connectivity index (χ3n) is 4.26. The zero-order valence-corrected chi connectivity index (χ0v) is 17.1. The van der Waals surface area contributed by atoms with E-state index in [1.54, 1.807) is 42.6 Å². The Morgan fingerprint density at radius 1 is 1.17 bits per heavy atom. The standard InChI is InChI=1S/C20H15N5O3S2/c21-12-15-6-4-10-18(19(15)28-17-8-2-1-3-9-17)30(26,27)25(20-23-14-24-29-20)16-7-5-11-22-13-16/h1-11,14,16H,13H2. The number of anilines is 1. The lowest BCUT2D eigenvalue weighted by atomic mass is 10.2. The molecule has 8 nitrogen and oxygen atoms in total. The molecule has 1 aliphatic heterocycles. The molecule has 0 spiro atoms. The fraction of sp³-hybridized carbons (Fsp3) is 0.100. The van der Waals surface area contributed by atoms with E-state index in [9.17, 15) is 13.7 Å². The van der Waals surface area contributed by atoms with Crippen LogP contribution in [0.5, 0.6) is 11.5 Å². The predicted octanol–water partition coefficient (Wildman–Crippen LogP) is 3.41. The van der Waals surface area contributed by atoms with Crippen molar-refractivity contribution in [3.8, 4) is 17.6 Å². The highest BCUT2D eigenvalue weighted by molar-refractivity contribution is 7.93. The van der Waals surface area contributed by atoms with Crippen LogP contribution in [0.1, 0.15) is 5.56 Å². The summed E-state index contributed by atoms with van der Waals surface area (Å²) in [5, 5.41) is 9.77. The summed E-state index contributed by atoms with van der Waals surface area (Å²) in [4.78, 5) is 8.14. The Bertz CT molecular complexity index is 1230. The molecule has 0 N–H and O–H groups in total. The summed E-state index contributed by atoms with van der Waals surface area (Å²) >= 11 is 0.960. The van der Waals surface area contributed by atoms with E-state index in [4.69, 9.17) is 4.74 Å². The van der Waals surface area contributed by atoms with E-state index in [1.165, 1.54) is 28.8 Å². The van der Waals surface area contributed by atoms with Crippen molar-refractivity contribution in [2.75, 3.05) is 10.8 Å². The summed E-state index contributed by atoms with van der Waals surface area (Å²) < 4.78 is 38.6. The maximum Gasteiger partial charge on any atom is 0.270 e. The van der Waals surface area contributed by atoms with Gasteiger partial charge in [0.2, 0.25) is 5.13 Å². The van der Waals surface area contributed by atoms with E-state index >= 15 is 0 Å². The SMILES string of the molecule is N#Cc1cccc(S(=O)(=O)N(c2ncns2)C2C=CC=NC2)c1Oc1ccccc1. The third kappa shape index (κ3) is 3.80. The van der Waals surface area contributed by atoms with Crippen molar-refractivity contribution >= 4 is 32.9 Å². The molecule has 1 unspecified atom stereocenters. The van der Waals surface area contributed by atoms with Crippen molar-refractivity contribution in [3.63, 3.8) is 0 Å². The first kappa shape index (κ1) is 19.8. The summed E-state index contributed by atoms with van der Waals surface area (Å²) in [6.45, 7) is 0.238. The Kier molecular flexibility index (Phi) is 5.56. The molecule has 2 heterocycles. The summed E-state index contributed by atoms with van der Waals surface area (Å²) in [7, 11) is -4.17.